The van der Waals surface area contributed by atoms with Gasteiger partial charge in [-0.2, -0.15) is 22.5 Å². The number of esters is 1. The molecule has 0 fully saturated rings. The van der Waals surface area contributed by atoms with Gasteiger partial charge in [0.15, 0.2) is 0 Å². The van der Waals surface area contributed by atoms with Gasteiger partial charge in [0.1, 0.15) is 11.7 Å². The summed E-state index contributed by atoms with van der Waals surface area (Å²) in [4.78, 5) is 17.7. The zero-order chi connectivity index (χ0) is 19.9. The third kappa shape index (κ3) is 5.55. The van der Waals surface area contributed by atoms with Crippen LogP contribution in [0.3, 0.4) is 0 Å². The standard InChI is InChI=1S/C17H25F4N3O2/c1-5-11(17(25)26-6-2)24(10-8-7-9-23(3)4)14-12(18)15(20)22-16(21)13(14)19/h11H,5-10H2,1-4H3. The monoisotopic (exact) mass is 379 g/mol. The van der Waals surface area contributed by atoms with Crippen molar-refractivity contribution in [3.63, 3.8) is 0 Å². The van der Waals surface area contributed by atoms with Gasteiger partial charge in [-0.25, -0.2) is 4.79 Å². The molecule has 0 aliphatic heterocycles. The molecule has 0 aliphatic carbocycles. The molecule has 148 valence electrons. The van der Waals surface area contributed by atoms with Gasteiger partial charge in [-0.15, -0.1) is 0 Å². The molecule has 0 N–H and O–H groups in total. The number of anilines is 1. The van der Waals surface area contributed by atoms with Gasteiger partial charge in [-0.05, 0) is 46.8 Å². The van der Waals surface area contributed by atoms with Crippen LogP contribution in [0.25, 0.3) is 0 Å². The van der Waals surface area contributed by atoms with Crippen molar-refractivity contribution < 1.29 is 27.1 Å². The summed E-state index contributed by atoms with van der Waals surface area (Å²) >= 11 is 0. The van der Waals surface area contributed by atoms with Crippen molar-refractivity contribution in [2.24, 2.45) is 0 Å². The van der Waals surface area contributed by atoms with Crippen LogP contribution in [0.1, 0.15) is 33.1 Å². The van der Waals surface area contributed by atoms with Crippen LogP contribution in [0.5, 0.6) is 0 Å². The molecule has 1 unspecified atom stereocenters. The van der Waals surface area contributed by atoms with E-state index < -0.39 is 41.2 Å². The number of hydrogen-bond acceptors (Lipinski definition) is 5. The van der Waals surface area contributed by atoms with E-state index in [1.54, 1.807) is 13.8 Å². The molecule has 1 rings (SSSR count). The Morgan fingerprint density at radius 3 is 2.04 bits per heavy atom. The van der Waals surface area contributed by atoms with E-state index in [1.165, 1.54) is 0 Å². The van der Waals surface area contributed by atoms with Crippen molar-refractivity contribution in [3.8, 4) is 0 Å². The summed E-state index contributed by atoms with van der Waals surface area (Å²) in [5.41, 5.74) is -0.931. The Morgan fingerprint density at radius 2 is 1.58 bits per heavy atom. The molecule has 0 aliphatic rings. The van der Waals surface area contributed by atoms with E-state index >= 15 is 0 Å². The first-order valence-electron chi connectivity index (χ1n) is 8.52. The highest BCUT2D eigenvalue weighted by Crippen LogP contribution is 2.29. The Morgan fingerprint density at radius 1 is 1.04 bits per heavy atom. The van der Waals surface area contributed by atoms with E-state index in [4.69, 9.17) is 4.74 Å². The zero-order valence-electron chi connectivity index (χ0n) is 15.5. The van der Waals surface area contributed by atoms with Crippen LogP contribution in [0.4, 0.5) is 23.2 Å². The molecule has 0 radical (unpaired) electrons. The second-order valence-corrected chi connectivity index (χ2v) is 6.05. The van der Waals surface area contributed by atoms with Crippen LogP contribution in [-0.2, 0) is 9.53 Å². The molecular weight excluding hydrogens is 354 g/mol. The van der Waals surface area contributed by atoms with Crippen LogP contribution in [0.15, 0.2) is 0 Å². The molecule has 0 saturated carbocycles. The molecule has 0 aromatic carbocycles. The summed E-state index contributed by atoms with van der Waals surface area (Å²) in [6.07, 6.45) is 1.28. The largest absolute Gasteiger partial charge is 0.464 e. The van der Waals surface area contributed by atoms with Gasteiger partial charge in [0, 0.05) is 6.54 Å². The van der Waals surface area contributed by atoms with Crippen LogP contribution in [0.2, 0.25) is 0 Å². The van der Waals surface area contributed by atoms with Crippen molar-refractivity contribution in [2.45, 2.75) is 39.2 Å². The molecule has 9 heteroatoms. The summed E-state index contributed by atoms with van der Waals surface area (Å²) in [6, 6.07) is -1.07. The van der Waals surface area contributed by atoms with Crippen LogP contribution in [0, 0.1) is 23.5 Å². The fourth-order valence-corrected chi connectivity index (χ4v) is 2.61. The lowest BCUT2D eigenvalue weighted by Crippen LogP contribution is -2.44. The lowest BCUT2D eigenvalue weighted by molar-refractivity contribution is -0.144. The van der Waals surface area contributed by atoms with Gasteiger partial charge < -0.3 is 14.5 Å². The van der Waals surface area contributed by atoms with Gasteiger partial charge in [0.2, 0.25) is 11.6 Å². The van der Waals surface area contributed by atoms with Crippen LogP contribution >= 0.6 is 0 Å². The average Bonchev–Trinajstić information content (AvgIpc) is 2.57. The van der Waals surface area contributed by atoms with Crippen molar-refractivity contribution in [1.29, 1.82) is 0 Å². The maximum atomic E-state index is 14.2. The maximum absolute atomic E-state index is 14.2. The molecule has 0 spiro atoms. The molecule has 0 bridgehead atoms. The van der Waals surface area contributed by atoms with E-state index in [0.717, 1.165) is 4.90 Å². The van der Waals surface area contributed by atoms with Gasteiger partial charge in [-0.3, -0.25) is 0 Å². The maximum Gasteiger partial charge on any atom is 0.328 e. The average molecular weight is 379 g/mol. The third-order valence-electron chi connectivity index (χ3n) is 3.84. The van der Waals surface area contributed by atoms with Crippen LogP contribution in [-0.4, -0.2) is 55.7 Å². The Hall–Kier alpha value is -1.90. The van der Waals surface area contributed by atoms with Gasteiger partial charge in [-0.1, -0.05) is 6.92 Å². The number of halogens is 4. The number of aromatic nitrogens is 1. The molecule has 5 nitrogen and oxygen atoms in total. The third-order valence-corrected chi connectivity index (χ3v) is 3.84. The van der Waals surface area contributed by atoms with E-state index in [2.05, 4.69) is 4.98 Å². The summed E-state index contributed by atoms with van der Waals surface area (Å²) < 4.78 is 60.5. The summed E-state index contributed by atoms with van der Waals surface area (Å²) in [6.45, 7) is 4.04. The summed E-state index contributed by atoms with van der Waals surface area (Å²) in [5, 5.41) is 0. The highest BCUT2D eigenvalue weighted by Gasteiger charge is 2.33. The Balaban J connectivity index is 3.25. The van der Waals surface area contributed by atoms with Crippen LogP contribution < -0.4 is 4.90 Å². The Bertz CT molecular complexity index is 588. The van der Waals surface area contributed by atoms with E-state index in [0.29, 0.717) is 19.4 Å². The van der Waals surface area contributed by atoms with E-state index in [-0.39, 0.29) is 19.6 Å². The van der Waals surface area contributed by atoms with Crippen molar-refractivity contribution in [1.82, 2.24) is 9.88 Å². The number of ether oxygens (including phenoxy) is 1. The number of carbonyl (C=O) groups is 1. The van der Waals surface area contributed by atoms with E-state index in [9.17, 15) is 22.4 Å². The number of hydrogen-bond donors (Lipinski definition) is 0. The SMILES string of the molecule is CCOC(=O)C(CC)N(CCCCN(C)C)c1c(F)c(F)nc(F)c1F. The molecule has 1 atom stereocenters. The second-order valence-electron chi connectivity index (χ2n) is 6.05. The number of rotatable bonds is 10. The molecule has 0 amide bonds. The predicted molar refractivity (Wildman–Crippen MR) is 89.9 cm³/mol. The summed E-state index contributed by atoms with van der Waals surface area (Å²) in [7, 11) is 3.75. The number of carbonyl (C=O) groups excluding carboxylic acids is 1. The van der Waals surface area contributed by atoms with Crippen molar-refractivity contribution in [3.05, 3.63) is 23.5 Å². The minimum atomic E-state index is -1.75. The second kappa shape index (κ2) is 10.3. The van der Waals surface area contributed by atoms with Crippen molar-refractivity contribution >= 4 is 11.7 Å². The molecule has 1 heterocycles. The minimum absolute atomic E-state index is 0.0297. The van der Waals surface area contributed by atoms with Gasteiger partial charge >= 0.3 is 5.97 Å². The first kappa shape index (κ1) is 22.1. The quantitative estimate of drug-likeness (QED) is 0.271. The number of unbranched alkanes of at least 4 members (excludes halogenated alkanes) is 1. The summed E-state index contributed by atoms with van der Waals surface area (Å²) in [5.74, 6) is -7.47. The first-order chi connectivity index (χ1) is 12.2. The topological polar surface area (TPSA) is 45.7 Å². The fraction of sp³-hybridized carbons (Fsp3) is 0.647. The highest BCUT2D eigenvalue weighted by atomic mass is 19.2. The van der Waals surface area contributed by atoms with Gasteiger partial charge in [0.05, 0.1) is 6.61 Å². The molecular formula is C17H25F4N3O2. The van der Waals surface area contributed by atoms with Crippen molar-refractivity contribution in [2.75, 3.05) is 38.7 Å². The zero-order valence-corrected chi connectivity index (χ0v) is 15.5. The minimum Gasteiger partial charge on any atom is -0.464 e. The first-order valence-corrected chi connectivity index (χ1v) is 8.52. The lowest BCUT2D eigenvalue weighted by Gasteiger charge is -2.32. The molecule has 26 heavy (non-hydrogen) atoms. The molecule has 0 saturated heterocycles. The Kier molecular flexibility index (Phi) is 8.77. The number of pyridine rings is 1. The fourth-order valence-electron chi connectivity index (χ4n) is 2.61. The number of nitrogens with zero attached hydrogens (tertiary/aromatic N) is 3. The van der Waals surface area contributed by atoms with E-state index in [1.807, 2.05) is 19.0 Å². The lowest BCUT2D eigenvalue weighted by atomic mass is 10.1. The normalized spacial score (nSPS) is 12.3. The molecule has 1 aromatic rings. The predicted octanol–water partition coefficient (Wildman–Crippen LogP) is 3.13. The Labute approximate surface area is 150 Å². The molecule has 1 aromatic heterocycles. The highest BCUT2D eigenvalue weighted by molar-refractivity contribution is 5.80. The van der Waals surface area contributed by atoms with Gasteiger partial charge in [0.25, 0.3) is 11.9 Å². The smallest absolute Gasteiger partial charge is 0.328 e.